The van der Waals surface area contributed by atoms with Gasteiger partial charge in [0, 0.05) is 22.7 Å². The fraction of sp³-hybridized carbons (Fsp3) is 0.239. The summed E-state index contributed by atoms with van der Waals surface area (Å²) in [6.45, 7) is 4.99. The molecule has 0 bridgehead atoms. The van der Waals surface area contributed by atoms with Crippen LogP contribution in [0.1, 0.15) is 133 Å². The molecule has 2 fully saturated rings. The Morgan fingerprint density at radius 1 is 0.304 bits per heavy atom. The summed E-state index contributed by atoms with van der Waals surface area (Å²) in [5.41, 5.74) is 10.7. The highest BCUT2D eigenvalue weighted by Crippen LogP contribution is 2.57. The Balaban J connectivity index is 0.778. The van der Waals surface area contributed by atoms with Gasteiger partial charge in [-0.25, -0.2) is 0 Å². The van der Waals surface area contributed by atoms with Gasteiger partial charge in [-0.2, -0.15) is 0 Å². The van der Waals surface area contributed by atoms with E-state index in [2.05, 4.69) is 86.6 Å². The second-order valence-corrected chi connectivity index (χ2v) is 22.7. The summed E-state index contributed by atoms with van der Waals surface area (Å²) in [6, 6.07) is 69.8. The van der Waals surface area contributed by atoms with E-state index in [1.807, 2.05) is 72.8 Å². The van der Waals surface area contributed by atoms with Crippen molar-refractivity contribution < 1.29 is 40.4 Å². The lowest BCUT2D eigenvalue weighted by molar-refractivity contribution is -0.0999. The van der Waals surface area contributed by atoms with Crippen molar-refractivity contribution >= 4 is 0 Å². The molecule has 0 aromatic heterocycles. The number of benzene rings is 9. The maximum absolute atomic E-state index is 10.4. The summed E-state index contributed by atoms with van der Waals surface area (Å²) in [6.07, 6.45) is 8.27. The molecule has 0 spiro atoms. The van der Waals surface area contributed by atoms with Crippen molar-refractivity contribution in [1.29, 1.82) is 0 Å². The Morgan fingerprint density at radius 3 is 0.747 bits per heavy atom. The van der Waals surface area contributed by atoms with Crippen molar-refractivity contribution in [2.45, 2.75) is 87.9 Å². The first-order valence-corrected chi connectivity index (χ1v) is 27.7. The van der Waals surface area contributed by atoms with Crippen LogP contribution in [0.4, 0.5) is 0 Å². The molecule has 2 aliphatic rings. The first-order chi connectivity index (χ1) is 38.3. The predicted molar refractivity (Wildman–Crippen MR) is 310 cm³/mol. The molecular weight excluding hydrogens is 981 g/mol. The van der Waals surface area contributed by atoms with Gasteiger partial charge >= 0.3 is 0 Å². The Kier molecular flexibility index (Phi) is 14.6. The van der Waals surface area contributed by atoms with Crippen molar-refractivity contribution in [3.63, 3.8) is 0 Å². The molecule has 79 heavy (non-hydrogen) atoms. The number of hydrogen-bond donors (Lipinski definition) is 6. The molecule has 9 aromatic carbocycles. The Morgan fingerprint density at radius 2 is 0.494 bits per heavy atom. The van der Waals surface area contributed by atoms with Gasteiger partial charge in [0.1, 0.15) is 34.5 Å². The highest BCUT2D eigenvalue weighted by molar-refractivity contribution is 5.51. The van der Waals surface area contributed by atoms with Crippen LogP contribution in [0.25, 0.3) is 0 Å². The third-order valence-electron chi connectivity index (χ3n) is 18.2. The van der Waals surface area contributed by atoms with Gasteiger partial charge in [-0.3, -0.25) is 9.78 Å². The standard InChI is InChI=1S/C71H68O8/c1-69(2,53-39-43-70(44-40-53,55-15-29-62(75)30-16-55)56-17-31-63(76)32-18-56)54-41-45-71(46-42-54,57-19-33-64(77)34-20-57)58-21-37-66(38-22-58)79-78-65-35-13-52(14-36-65)68(51-11-27-61(74)28-12-51)48-5-3-47(4-6-48)67(49-7-23-59(72)24-8-49)50-9-25-60(73)26-10-50/h3-38,53-54,67-68,72-77H,39-46H2,1-2H3. The van der Waals surface area contributed by atoms with Crippen LogP contribution in [-0.2, 0) is 10.8 Å². The summed E-state index contributed by atoms with van der Waals surface area (Å²) < 4.78 is 0. The summed E-state index contributed by atoms with van der Waals surface area (Å²) in [5.74, 6) is 3.28. The fourth-order valence-electron chi connectivity index (χ4n) is 13.5. The third kappa shape index (κ3) is 10.9. The van der Waals surface area contributed by atoms with Gasteiger partial charge in [0.15, 0.2) is 11.5 Å². The monoisotopic (exact) mass is 1050 g/mol. The van der Waals surface area contributed by atoms with Gasteiger partial charge in [0.25, 0.3) is 0 Å². The SMILES string of the molecule is CC(C)(C1CCC(c2ccc(O)cc2)(c2ccc(O)cc2)CC1)C1CCC(c2ccc(O)cc2)(c2ccc(OOc3ccc(C(c4ccc(O)cc4)c4ccc(C(c5ccc(O)cc5)c5ccc(O)cc5)cc4)cc3)cc2)CC1. The van der Waals surface area contributed by atoms with E-state index in [9.17, 15) is 30.6 Å². The maximum Gasteiger partial charge on any atom is 0.178 e. The van der Waals surface area contributed by atoms with Crippen molar-refractivity contribution in [2.24, 2.45) is 17.3 Å². The lowest BCUT2D eigenvalue weighted by atomic mass is 9.53. The lowest BCUT2D eigenvalue weighted by Crippen LogP contribution is -2.43. The highest BCUT2D eigenvalue weighted by Gasteiger charge is 2.48. The van der Waals surface area contributed by atoms with Gasteiger partial charge in [0.2, 0.25) is 0 Å². The lowest BCUT2D eigenvalue weighted by Gasteiger charge is -2.51. The molecule has 1 atom stereocenters. The summed E-state index contributed by atoms with van der Waals surface area (Å²) in [7, 11) is 0. The van der Waals surface area contributed by atoms with Crippen LogP contribution in [0, 0.1) is 17.3 Å². The van der Waals surface area contributed by atoms with Gasteiger partial charge in [-0.05, 0) is 221 Å². The average Bonchev–Trinajstić information content (AvgIpc) is 3.51. The van der Waals surface area contributed by atoms with Crippen LogP contribution >= 0.6 is 0 Å². The topological polar surface area (TPSA) is 140 Å². The number of rotatable bonds is 15. The molecule has 2 saturated carbocycles. The molecule has 0 saturated heterocycles. The number of aromatic hydroxyl groups is 6. The zero-order chi connectivity index (χ0) is 54.7. The molecule has 9 aromatic rings. The first kappa shape index (κ1) is 52.4. The van der Waals surface area contributed by atoms with Crippen molar-refractivity contribution in [1.82, 2.24) is 0 Å². The van der Waals surface area contributed by atoms with Crippen LogP contribution in [0.15, 0.2) is 218 Å². The minimum Gasteiger partial charge on any atom is -0.508 e. The van der Waals surface area contributed by atoms with Gasteiger partial charge in [0.05, 0.1) is 0 Å². The van der Waals surface area contributed by atoms with Crippen LogP contribution in [0.2, 0.25) is 0 Å². The molecule has 1 unspecified atom stereocenters. The molecule has 11 rings (SSSR count). The van der Waals surface area contributed by atoms with Crippen molar-refractivity contribution in [3.05, 3.63) is 274 Å². The molecule has 400 valence electrons. The van der Waals surface area contributed by atoms with E-state index in [0.717, 1.165) is 84.7 Å². The molecule has 0 radical (unpaired) electrons. The molecule has 8 nitrogen and oxygen atoms in total. The van der Waals surface area contributed by atoms with E-state index >= 15 is 0 Å². The summed E-state index contributed by atoms with van der Waals surface area (Å²) in [5, 5.41) is 61.1. The molecule has 0 heterocycles. The normalized spacial score (nSPS) is 17.9. The van der Waals surface area contributed by atoms with E-state index in [0.29, 0.717) is 23.3 Å². The van der Waals surface area contributed by atoms with E-state index in [-0.39, 0.29) is 62.6 Å². The molecule has 6 N–H and O–H groups in total. The zero-order valence-electron chi connectivity index (χ0n) is 44.8. The number of phenolic OH excluding ortho intramolecular Hbond substituents is 6. The number of hydrogen-bond acceptors (Lipinski definition) is 8. The Labute approximate surface area is 463 Å². The molecule has 0 aliphatic heterocycles. The Hall–Kier alpha value is -8.62. The third-order valence-corrected chi connectivity index (χ3v) is 18.2. The minimum atomic E-state index is -0.245. The van der Waals surface area contributed by atoms with Crippen LogP contribution in [0.3, 0.4) is 0 Å². The smallest absolute Gasteiger partial charge is 0.178 e. The van der Waals surface area contributed by atoms with E-state index in [1.54, 1.807) is 72.8 Å². The zero-order valence-corrected chi connectivity index (χ0v) is 44.8. The van der Waals surface area contributed by atoms with Crippen LogP contribution in [0.5, 0.6) is 46.0 Å². The average molecular weight is 1050 g/mol. The second-order valence-electron chi connectivity index (χ2n) is 22.7. The molecule has 0 amide bonds. The van der Waals surface area contributed by atoms with E-state index in [1.165, 1.54) is 22.3 Å². The summed E-state index contributed by atoms with van der Waals surface area (Å²) in [4.78, 5) is 12.0. The minimum absolute atomic E-state index is 0.110. The first-order valence-electron chi connectivity index (χ1n) is 27.7. The molecule has 2 aliphatic carbocycles. The highest BCUT2D eigenvalue weighted by atomic mass is 17.2. The maximum atomic E-state index is 10.4. The van der Waals surface area contributed by atoms with Crippen molar-refractivity contribution in [2.75, 3.05) is 0 Å². The number of phenols is 6. The van der Waals surface area contributed by atoms with Crippen LogP contribution in [-0.4, -0.2) is 30.6 Å². The fourth-order valence-corrected chi connectivity index (χ4v) is 13.5. The predicted octanol–water partition coefficient (Wildman–Crippen LogP) is 16.3. The van der Waals surface area contributed by atoms with Gasteiger partial charge in [-0.1, -0.05) is 135 Å². The largest absolute Gasteiger partial charge is 0.508 e. The van der Waals surface area contributed by atoms with E-state index in [4.69, 9.17) is 9.78 Å². The molecule has 8 heteroatoms. The Bertz CT molecular complexity index is 3340. The summed E-state index contributed by atoms with van der Waals surface area (Å²) >= 11 is 0. The van der Waals surface area contributed by atoms with E-state index < -0.39 is 0 Å². The molecular formula is C71H68O8. The van der Waals surface area contributed by atoms with Gasteiger partial charge < -0.3 is 30.6 Å². The quantitative estimate of drug-likeness (QED) is 0.0339. The van der Waals surface area contributed by atoms with Gasteiger partial charge in [-0.15, -0.1) is 0 Å². The van der Waals surface area contributed by atoms with Crippen LogP contribution < -0.4 is 9.78 Å². The van der Waals surface area contributed by atoms with Crippen molar-refractivity contribution in [3.8, 4) is 46.0 Å². The second kappa shape index (κ2) is 22.0.